The van der Waals surface area contributed by atoms with Gasteiger partial charge >= 0.3 is 19.8 Å². The summed E-state index contributed by atoms with van der Waals surface area (Å²) in [6.45, 7) is 2.22. The zero-order chi connectivity index (χ0) is 40.5. The highest BCUT2D eigenvalue weighted by atomic mass is 31.2. The topological polar surface area (TPSA) is 149 Å². The maximum absolute atomic E-state index is 12.5. The molecular weight excluding hydrogens is 719 g/mol. The van der Waals surface area contributed by atoms with E-state index in [4.69, 9.17) is 19.1 Å². The number of unbranched alkanes of at least 4 members (excludes halogenated alkanes) is 21. The standard InChI is InChI=1S/C44H79O10P/c1-3-5-7-9-11-13-15-17-19-20-22-23-25-27-29-31-33-35-43(47)51-39-42(40-53-55(49,50)52-38-41(46)37-45)54-44(48)36-34-32-30-28-26-24-21-18-16-14-12-10-8-6-4-2/h11,13,17,19,30,32,34,36,41-42,45-46H,3-10,12,14-16,18,20-29,31,33,35,37-40H2,1-2H3,(H,49,50)/b13-11+,19-17+,32-30+,36-34+/t41-,42+/m0/s1. The molecule has 0 spiro atoms. The summed E-state index contributed by atoms with van der Waals surface area (Å²) in [7, 11) is -4.64. The maximum atomic E-state index is 12.5. The molecule has 3 atom stereocenters. The van der Waals surface area contributed by atoms with Gasteiger partial charge in [0.2, 0.25) is 0 Å². The van der Waals surface area contributed by atoms with Crippen molar-refractivity contribution < 1.29 is 47.8 Å². The number of esters is 2. The van der Waals surface area contributed by atoms with Gasteiger partial charge in [0, 0.05) is 12.5 Å². The fourth-order valence-corrected chi connectivity index (χ4v) is 6.48. The van der Waals surface area contributed by atoms with E-state index in [1.807, 2.05) is 6.08 Å². The van der Waals surface area contributed by atoms with Crippen molar-refractivity contribution in [2.75, 3.05) is 26.4 Å². The van der Waals surface area contributed by atoms with E-state index in [1.54, 1.807) is 12.2 Å². The first-order chi connectivity index (χ1) is 26.7. The Labute approximate surface area is 334 Å². The van der Waals surface area contributed by atoms with Crippen molar-refractivity contribution in [3.8, 4) is 0 Å². The first kappa shape index (κ1) is 52.9. The molecule has 0 heterocycles. The molecular formula is C44H79O10P. The first-order valence-corrected chi connectivity index (χ1v) is 23.1. The van der Waals surface area contributed by atoms with Gasteiger partial charge in [0.15, 0.2) is 6.10 Å². The van der Waals surface area contributed by atoms with Gasteiger partial charge in [-0.05, 0) is 51.4 Å². The lowest BCUT2D eigenvalue weighted by Gasteiger charge is -2.19. The summed E-state index contributed by atoms with van der Waals surface area (Å²) in [4.78, 5) is 34.8. The fraction of sp³-hybridized carbons (Fsp3) is 0.773. The lowest BCUT2D eigenvalue weighted by molar-refractivity contribution is -0.157. The van der Waals surface area contributed by atoms with Crippen LogP contribution in [0.2, 0.25) is 0 Å². The van der Waals surface area contributed by atoms with Gasteiger partial charge in [-0.2, -0.15) is 0 Å². The van der Waals surface area contributed by atoms with Crippen LogP contribution in [0.3, 0.4) is 0 Å². The van der Waals surface area contributed by atoms with E-state index in [2.05, 4.69) is 42.7 Å². The number of allylic oxidation sites excluding steroid dienone is 7. The lowest BCUT2D eigenvalue weighted by Crippen LogP contribution is -2.29. The molecule has 0 aromatic rings. The van der Waals surface area contributed by atoms with E-state index in [0.717, 1.165) is 44.9 Å². The average Bonchev–Trinajstić information content (AvgIpc) is 3.17. The van der Waals surface area contributed by atoms with Crippen molar-refractivity contribution in [1.82, 2.24) is 0 Å². The zero-order valence-electron chi connectivity index (χ0n) is 34.6. The minimum Gasteiger partial charge on any atom is -0.462 e. The molecule has 0 rings (SSSR count). The summed E-state index contributed by atoms with van der Waals surface area (Å²) in [6, 6.07) is 0. The molecule has 3 N–H and O–H groups in total. The molecule has 0 aromatic heterocycles. The summed E-state index contributed by atoms with van der Waals surface area (Å²) in [5.74, 6) is -1.19. The SMILES string of the molecule is CCCCC/C=C/C/C=C/CCCCCCCCCC(=O)OC[C@H](COP(=O)(O)OC[C@@H](O)CO)OC(=O)/C=C/C=C/CCCCCCCCCCCCC. The Hall–Kier alpha value is -2.07. The number of ether oxygens (including phenoxy) is 2. The highest BCUT2D eigenvalue weighted by Crippen LogP contribution is 2.43. The van der Waals surface area contributed by atoms with Crippen molar-refractivity contribution in [2.45, 2.75) is 193 Å². The molecule has 55 heavy (non-hydrogen) atoms. The number of hydrogen-bond acceptors (Lipinski definition) is 9. The van der Waals surface area contributed by atoms with E-state index in [-0.39, 0.29) is 13.0 Å². The molecule has 0 saturated carbocycles. The molecule has 10 nitrogen and oxygen atoms in total. The van der Waals surface area contributed by atoms with Crippen LogP contribution in [0.1, 0.15) is 181 Å². The van der Waals surface area contributed by atoms with Crippen LogP contribution in [-0.4, -0.2) is 65.7 Å². The zero-order valence-corrected chi connectivity index (χ0v) is 35.5. The van der Waals surface area contributed by atoms with Crippen molar-refractivity contribution >= 4 is 19.8 Å². The number of hydrogen-bond donors (Lipinski definition) is 3. The first-order valence-electron chi connectivity index (χ1n) is 21.6. The van der Waals surface area contributed by atoms with E-state index in [9.17, 15) is 24.2 Å². The Morgan fingerprint density at radius 3 is 1.64 bits per heavy atom. The molecule has 0 aromatic carbocycles. The van der Waals surface area contributed by atoms with E-state index in [1.165, 1.54) is 115 Å². The molecule has 0 saturated heterocycles. The lowest BCUT2D eigenvalue weighted by atomic mass is 10.1. The van der Waals surface area contributed by atoms with Gasteiger partial charge in [-0.1, -0.05) is 166 Å². The Morgan fingerprint density at radius 1 is 0.600 bits per heavy atom. The van der Waals surface area contributed by atoms with Gasteiger partial charge in [-0.3, -0.25) is 13.8 Å². The van der Waals surface area contributed by atoms with Gasteiger partial charge in [-0.15, -0.1) is 0 Å². The number of carbonyl (C=O) groups is 2. The molecule has 0 bridgehead atoms. The van der Waals surface area contributed by atoms with Crippen LogP contribution in [0, 0.1) is 0 Å². The average molecular weight is 799 g/mol. The van der Waals surface area contributed by atoms with Crippen molar-refractivity contribution in [3.05, 3.63) is 48.6 Å². The summed E-state index contributed by atoms with van der Waals surface area (Å²) < 4.78 is 32.5. The fourth-order valence-electron chi connectivity index (χ4n) is 5.69. The second-order valence-electron chi connectivity index (χ2n) is 14.4. The number of rotatable bonds is 40. The van der Waals surface area contributed by atoms with E-state index < -0.39 is 51.8 Å². The van der Waals surface area contributed by atoms with Crippen LogP contribution in [0.25, 0.3) is 0 Å². The van der Waals surface area contributed by atoms with Gasteiger partial charge < -0.3 is 24.6 Å². The largest absolute Gasteiger partial charge is 0.472 e. The highest BCUT2D eigenvalue weighted by molar-refractivity contribution is 7.47. The van der Waals surface area contributed by atoms with Gasteiger partial charge in [-0.25, -0.2) is 9.36 Å². The van der Waals surface area contributed by atoms with Crippen LogP contribution in [0.4, 0.5) is 0 Å². The predicted molar refractivity (Wildman–Crippen MR) is 224 cm³/mol. The molecule has 0 aliphatic carbocycles. The number of aliphatic hydroxyl groups is 2. The normalized spacial score (nSPS) is 14.3. The number of aliphatic hydroxyl groups excluding tert-OH is 2. The molecule has 0 radical (unpaired) electrons. The third-order valence-electron chi connectivity index (χ3n) is 9.06. The molecule has 0 amide bonds. The van der Waals surface area contributed by atoms with Crippen LogP contribution in [-0.2, 0) is 32.7 Å². The Balaban J connectivity index is 4.40. The third kappa shape index (κ3) is 39.9. The Morgan fingerprint density at radius 2 is 1.07 bits per heavy atom. The van der Waals surface area contributed by atoms with Crippen molar-refractivity contribution in [1.29, 1.82) is 0 Å². The van der Waals surface area contributed by atoms with Gasteiger partial charge in [0.05, 0.1) is 19.8 Å². The molecule has 320 valence electrons. The monoisotopic (exact) mass is 799 g/mol. The van der Waals surface area contributed by atoms with Crippen LogP contribution in [0.15, 0.2) is 48.6 Å². The number of phosphoric ester groups is 1. The van der Waals surface area contributed by atoms with Crippen LogP contribution >= 0.6 is 7.82 Å². The second kappa shape index (κ2) is 40.1. The minimum absolute atomic E-state index is 0.212. The minimum atomic E-state index is -4.64. The number of phosphoric acid groups is 1. The van der Waals surface area contributed by atoms with E-state index in [0.29, 0.717) is 6.42 Å². The third-order valence-corrected chi connectivity index (χ3v) is 10.0. The molecule has 0 aliphatic heterocycles. The molecule has 1 unspecified atom stereocenters. The highest BCUT2D eigenvalue weighted by Gasteiger charge is 2.26. The molecule has 0 fully saturated rings. The summed E-state index contributed by atoms with van der Waals surface area (Å²) in [5.41, 5.74) is 0. The van der Waals surface area contributed by atoms with Gasteiger partial charge in [0.25, 0.3) is 0 Å². The number of carbonyl (C=O) groups excluding carboxylic acids is 2. The molecule has 11 heteroatoms. The smallest absolute Gasteiger partial charge is 0.462 e. The van der Waals surface area contributed by atoms with Crippen LogP contribution in [0.5, 0.6) is 0 Å². The second-order valence-corrected chi connectivity index (χ2v) is 15.9. The molecule has 0 aliphatic rings. The summed E-state index contributed by atoms with van der Waals surface area (Å²) in [6.07, 6.45) is 42.8. The Bertz CT molecular complexity index is 1060. The predicted octanol–water partition coefficient (Wildman–Crippen LogP) is 11.3. The van der Waals surface area contributed by atoms with Crippen molar-refractivity contribution in [2.24, 2.45) is 0 Å². The van der Waals surface area contributed by atoms with Crippen LogP contribution < -0.4 is 0 Å². The summed E-state index contributed by atoms with van der Waals surface area (Å²) in [5, 5.41) is 18.3. The Kier molecular flexibility index (Phi) is 38.6. The quantitative estimate of drug-likeness (QED) is 0.0137. The maximum Gasteiger partial charge on any atom is 0.472 e. The van der Waals surface area contributed by atoms with Gasteiger partial charge in [0.1, 0.15) is 12.7 Å². The van der Waals surface area contributed by atoms with E-state index >= 15 is 0 Å². The van der Waals surface area contributed by atoms with Crippen molar-refractivity contribution in [3.63, 3.8) is 0 Å². The summed E-state index contributed by atoms with van der Waals surface area (Å²) >= 11 is 0.